The van der Waals surface area contributed by atoms with E-state index in [1.165, 1.54) is 11.6 Å². The zero-order chi connectivity index (χ0) is 15.4. The Hall–Kier alpha value is -1.39. The Bertz CT molecular complexity index is 608. The molecule has 0 saturated heterocycles. The van der Waals surface area contributed by atoms with Gasteiger partial charge in [-0.3, -0.25) is 0 Å². The van der Waals surface area contributed by atoms with Crippen molar-refractivity contribution >= 4 is 11.8 Å². The molecule has 0 spiro atoms. The van der Waals surface area contributed by atoms with Crippen molar-refractivity contribution in [1.29, 1.82) is 0 Å². The average Bonchev–Trinajstić information content (AvgIpc) is 2.40. The van der Waals surface area contributed by atoms with E-state index in [0.29, 0.717) is 0 Å². The molecule has 0 radical (unpaired) electrons. The van der Waals surface area contributed by atoms with Crippen LogP contribution in [0.4, 0.5) is 4.39 Å². The van der Waals surface area contributed by atoms with Gasteiger partial charge in [0.2, 0.25) is 0 Å². The van der Waals surface area contributed by atoms with Gasteiger partial charge in [0.05, 0.1) is 0 Å². The fraction of sp³-hybridized carbons (Fsp3) is 0.353. The number of benzene rings is 1. The highest BCUT2D eigenvalue weighted by molar-refractivity contribution is 7.99. The van der Waals surface area contributed by atoms with Gasteiger partial charge in [0, 0.05) is 16.6 Å². The van der Waals surface area contributed by atoms with Crippen LogP contribution in [0.1, 0.15) is 36.7 Å². The molecule has 1 unspecified atom stereocenters. The van der Waals surface area contributed by atoms with E-state index in [1.54, 1.807) is 17.8 Å². The van der Waals surface area contributed by atoms with Gasteiger partial charge < -0.3 is 5.32 Å². The number of nitrogens with one attached hydrogen (secondary N) is 1. The normalized spacial score (nSPS) is 12.4. The SMILES string of the molecule is CCNC(C)c1cc(F)ccc1Sc1cc(C)cc(C)n1. The molecule has 1 atom stereocenters. The van der Waals surface area contributed by atoms with Gasteiger partial charge in [-0.2, -0.15) is 0 Å². The monoisotopic (exact) mass is 304 g/mol. The van der Waals surface area contributed by atoms with Gasteiger partial charge in [-0.05, 0) is 68.8 Å². The van der Waals surface area contributed by atoms with Gasteiger partial charge in [-0.15, -0.1) is 0 Å². The largest absolute Gasteiger partial charge is 0.310 e. The summed E-state index contributed by atoms with van der Waals surface area (Å²) in [6.45, 7) is 9.00. The summed E-state index contributed by atoms with van der Waals surface area (Å²) in [7, 11) is 0. The summed E-state index contributed by atoms with van der Waals surface area (Å²) in [6.07, 6.45) is 0. The highest BCUT2D eigenvalue weighted by Gasteiger charge is 2.13. The first-order valence-electron chi connectivity index (χ1n) is 7.15. The Balaban J connectivity index is 2.34. The summed E-state index contributed by atoms with van der Waals surface area (Å²) < 4.78 is 13.6. The molecular formula is C17H21FN2S. The third kappa shape index (κ3) is 4.29. The lowest BCUT2D eigenvalue weighted by atomic mass is 10.1. The molecule has 0 fully saturated rings. The second kappa shape index (κ2) is 7.05. The van der Waals surface area contributed by atoms with Gasteiger partial charge in [0.15, 0.2) is 0 Å². The molecule has 0 aliphatic carbocycles. The molecular weight excluding hydrogens is 283 g/mol. The van der Waals surface area contributed by atoms with Crippen LogP contribution in [0, 0.1) is 19.7 Å². The van der Waals surface area contributed by atoms with Crippen LogP contribution in [0.5, 0.6) is 0 Å². The van der Waals surface area contributed by atoms with Gasteiger partial charge in [0.1, 0.15) is 10.8 Å². The molecule has 2 rings (SSSR count). The molecule has 2 aromatic rings. The molecule has 2 nitrogen and oxygen atoms in total. The number of hydrogen-bond donors (Lipinski definition) is 1. The number of nitrogens with zero attached hydrogens (tertiary/aromatic N) is 1. The summed E-state index contributed by atoms with van der Waals surface area (Å²) in [5.41, 5.74) is 3.16. The fourth-order valence-corrected chi connectivity index (χ4v) is 3.49. The molecule has 0 aliphatic rings. The molecule has 0 amide bonds. The molecule has 0 aliphatic heterocycles. The third-order valence-corrected chi connectivity index (χ3v) is 4.25. The molecule has 1 aromatic heterocycles. The van der Waals surface area contributed by atoms with Crippen molar-refractivity contribution in [2.24, 2.45) is 0 Å². The van der Waals surface area contributed by atoms with Crippen LogP contribution in [0.2, 0.25) is 0 Å². The lowest BCUT2D eigenvalue weighted by Gasteiger charge is -2.17. The Kier molecular flexibility index (Phi) is 5.37. The maximum absolute atomic E-state index is 13.6. The molecule has 21 heavy (non-hydrogen) atoms. The summed E-state index contributed by atoms with van der Waals surface area (Å²) >= 11 is 1.59. The predicted octanol–water partition coefficient (Wildman–Crippen LogP) is 4.66. The van der Waals surface area contributed by atoms with Crippen molar-refractivity contribution < 1.29 is 4.39 Å². The van der Waals surface area contributed by atoms with Crippen molar-refractivity contribution in [3.8, 4) is 0 Å². The lowest BCUT2D eigenvalue weighted by molar-refractivity contribution is 0.574. The Labute approximate surface area is 130 Å². The number of aromatic nitrogens is 1. The number of halogens is 1. The average molecular weight is 304 g/mol. The maximum atomic E-state index is 13.6. The van der Waals surface area contributed by atoms with E-state index in [4.69, 9.17) is 0 Å². The number of rotatable bonds is 5. The fourth-order valence-electron chi connectivity index (χ4n) is 2.34. The van der Waals surface area contributed by atoms with Gasteiger partial charge >= 0.3 is 0 Å². The van der Waals surface area contributed by atoms with E-state index in [9.17, 15) is 4.39 Å². The van der Waals surface area contributed by atoms with Crippen molar-refractivity contribution in [3.63, 3.8) is 0 Å². The van der Waals surface area contributed by atoms with Crippen LogP contribution in [-0.2, 0) is 0 Å². The summed E-state index contributed by atoms with van der Waals surface area (Å²) in [4.78, 5) is 5.59. The van der Waals surface area contributed by atoms with E-state index in [1.807, 2.05) is 19.9 Å². The minimum Gasteiger partial charge on any atom is -0.310 e. The molecule has 1 heterocycles. The highest BCUT2D eigenvalue weighted by Crippen LogP contribution is 2.33. The minimum atomic E-state index is -0.201. The first kappa shape index (κ1) is 16.0. The van der Waals surface area contributed by atoms with Crippen LogP contribution in [0.25, 0.3) is 0 Å². The smallest absolute Gasteiger partial charge is 0.123 e. The molecule has 1 N–H and O–H groups in total. The van der Waals surface area contributed by atoms with E-state index in [0.717, 1.165) is 27.7 Å². The van der Waals surface area contributed by atoms with Crippen LogP contribution >= 0.6 is 11.8 Å². The van der Waals surface area contributed by atoms with Gasteiger partial charge in [0.25, 0.3) is 0 Å². The van der Waals surface area contributed by atoms with Crippen molar-refractivity contribution in [1.82, 2.24) is 10.3 Å². The second-order valence-electron chi connectivity index (χ2n) is 5.19. The summed E-state index contributed by atoms with van der Waals surface area (Å²) in [5, 5.41) is 4.29. The third-order valence-electron chi connectivity index (χ3n) is 3.24. The van der Waals surface area contributed by atoms with Gasteiger partial charge in [-0.25, -0.2) is 9.37 Å². The van der Waals surface area contributed by atoms with Crippen molar-refractivity contribution in [2.75, 3.05) is 6.54 Å². The Morgan fingerprint density at radius 3 is 2.67 bits per heavy atom. The van der Waals surface area contributed by atoms with Crippen LogP contribution < -0.4 is 5.32 Å². The first-order chi connectivity index (χ1) is 9.99. The molecule has 0 bridgehead atoms. The van der Waals surface area contributed by atoms with Gasteiger partial charge in [-0.1, -0.05) is 18.7 Å². The zero-order valence-electron chi connectivity index (χ0n) is 12.9. The minimum absolute atomic E-state index is 0.110. The maximum Gasteiger partial charge on any atom is 0.123 e. The summed E-state index contributed by atoms with van der Waals surface area (Å²) in [6, 6.07) is 9.17. The second-order valence-corrected chi connectivity index (χ2v) is 6.25. The first-order valence-corrected chi connectivity index (χ1v) is 7.97. The molecule has 1 aromatic carbocycles. The van der Waals surface area contributed by atoms with Crippen LogP contribution in [-0.4, -0.2) is 11.5 Å². The predicted molar refractivity (Wildman–Crippen MR) is 86.3 cm³/mol. The number of hydrogen-bond acceptors (Lipinski definition) is 3. The van der Waals surface area contributed by atoms with E-state index in [-0.39, 0.29) is 11.9 Å². The summed E-state index contributed by atoms with van der Waals surface area (Å²) in [5.74, 6) is -0.201. The van der Waals surface area contributed by atoms with E-state index >= 15 is 0 Å². The molecule has 0 saturated carbocycles. The zero-order valence-corrected chi connectivity index (χ0v) is 13.7. The number of aryl methyl sites for hydroxylation is 2. The standard InChI is InChI=1S/C17H21FN2S/c1-5-19-13(4)15-10-14(18)6-7-16(15)21-17-9-11(2)8-12(3)20-17/h6-10,13,19H,5H2,1-4H3. The highest BCUT2D eigenvalue weighted by atomic mass is 32.2. The molecule has 4 heteroatoms. The van der Waals surface area contributed by atoms with E-state index < -0.39 is 0 Å². The van der Waals surface area contributed by atoms with Crippen LogP contribution in [0.15, 0.2) is 40.3 Å². The van der Waals surface area contributed by atoms with E-state index in [2.05, 4.69) is 36.3 Å². The van der Waals surface area contributed by atoms with Crippen molar-refractivity contribution in [3.05, 3.63) is 53.0 Å². The van der Waals surface area contributed by atoms with Crippen LogP contribution in [0.3, 0.4) is 0 Å². The lowest BCUT2D eigenvalue weighted by Crippen LogP contribution is -2.18. The topological polar surface area (TPSA) is 24.9 Å². The quantitative estimate of drug-likeness (QED) is 0.869. The molecule has 112 valence electrons. The Morgan fingerprint density at radius 2 is 2.00 bits per heavy atom. The Morgan fingerprint density at radius 1 is 1.24 bits per heavy atom. The van der Waals surface area contributed by atoms with Crippen molar-refractivity contribution in [2.45, 2.75) is 43.7 Å². The number of pyridine rings is 1.